The number of aromatic carboxylic acids is 1. The molecule has 1 unspecified atom stereocenters. The number of benzene rings is 2. The number of carboxylic acid groups (broad SMARTS) is 1. The molecule has 10 heteroatoms. The fourth-order valence-corrected chi connectivity index (χ4v) is 2.69. The molecule has 2 rings (SSSR count). The molecule has 1 atom stereocenters. The maximum absolute atomic E-state index is 12.4. The second-order valence-corrected chi connectivity index (χ2v) is 6.29. The minimum absolute atomic E-state index is 0. The molecule has 0 bridgehead atoms. The largest absolute Gasteiger partial charge is 0.507 e. The van der Waals surface area contributed by atoms with Crippen LogP contribution in [-0.4, -0.2) is 51.7 Å². The molecule has 0 fully saturated rings. The number of carboxylic acids is 1. The molecule has 0 radical (unpaired) electrons. The standard InChI is InChI=1S/C19H23BN2O6.ClH/c1-2-21-11-12-6-8-13(9-7-12)18(24)22-16(20(27)28)10-14-4-3-5-15(17(14)23)19(25)26;/h3-9,16,21,23,27-28H,2,10-11H2,1H3,(H,22,24)(H,25,26);1H. The molecule has 1 amide bonds. The topological polar surface area (TPSA) is 139 Å². The highest BCUT2D eigenvalue weighted by molar-refractivity contribution is 6.43. The summed E-state index contributed by atoms with van der Waals surface area (Å²) in [6.07, 6.45) is -0.158. The van der Waals surface area contributed by atoms with Gasteiger partial charge in [0.2, 0.25) is 0 Å². The van der Waals surface area contributed by atoms with Crippen LogP contribution in [-0.2, 0) is 13.0 Å². The Bertz CT molecular complexity index is 832. The third-order valence-electron chi connectivity index (χ3n) is 4.26. The predicted octanol–water partition coefficient (Wildman–Crippen LogP) is 0.975. The monoisotopic (exact) mass is 422 g/mol. The normalized spacial score (nSPS) is 11.3. The number of carbonyl (C=O) groups excluding carboxylic acids is 1. The molecule has 6 N–H and O–H groups in total. The van der Waals surface area contributed by atoms with Crippen LogP contribution in [0, 0.1) is 0 Å². The fourth-order valence-electron chi connectivity index (χ4n) is 2.69. The Kier molecular flexibility index (Phi) is 9.63. The molecule has 0 aliphatic rings. The number of carbonyl (C=O) groups is 2. The highest BCUT2D eigenvalue weighted by Crippen LogP contribution is 2.24. The molecule has 0 aliphatic heterocycles. The average Bonchev–Trinajstić information content (AvgIpc) is 2.67. The van der Waals surface area contributed by atoms with E-state index in [-0.39, 0.29) is 30.0 Å². The van der Waals surface area contributed by atoms with Gasteiger partial charge in [-0.2, -0.15) is 0 Å². The van der Waals surface area contributed by atoms with Gasteiger partial charge >= 0.3 is 13.1 Å². The minimum atomic E-state index is -1.90. The van der Waals surface area contributed by atoms with Crippen molar-refractivity contribution in [1.29, 1.82) is 0 Å². The van der Waals surface area contributed by atoms with Crippen molar-refractivity contribution < 1.29 is 29.9 Å². The molecule has 0 saturated carbocycles. The molecule has 2 aromatic carbocycles. The van der Waals surface area contributed by atoms with Crippen LogP contribution in [0.1, 0.15) is 38.8 Å². The van der Waals surface area contributed by atoms with E-state index < -0.39 is 30.7 Å². The number of para-hydroxylation sites is 1. The van der Waals surface area contributed by atoms with Crippen molar-refractivity contribution in [1.82, 2.24) is 10.6 Å². The first-order valence-electron chi connectivity index (χ1n) is 8.84. The lowest BCUT2D eigenvalue weighted by Gasteiger charge is -2.19. The van der Waals surface area contributed by atoms with Crippen molar-refractivity contribution in [3.63, 3.8) is 0 Å². The lowest BCUT2D eigenvalue weighted by atomic mass is 9.75. The van der Waals surface area contributed by atoms with Gasteiger partial charge in [-0.1, -0.05) is 31.2 Å². The molecular weight excluding hydrogens is 398 g/mol. The van der Waals surface area contributed by atoms with Crippen LogP contribution in [0.25, 0.3) is 0 Å². The van der Waals surface area contributed by atoms with Crippen LogP contribution in [0.4, 0.5) is 0 Å². The summed E-state index contributed by atoms with van der Waals surface area (Å²) >= 11 is 0. The summed E-state index contributed by atoms with van der Waals surface area (Å²) in [5.74, 6) is -3.42. The van der Waals surface area contributed by atoms with Crippen LogP contribution < -0.4 is 10.6 Å². The number of nitrogens with one attached hydrogen (secondary N) is 2. The number of halogens is 1. The second kappa shape index (κ2) is 11.4. The molecule has 156 valence electrons. The Morgan fingerprint density at radius 2 is 1.76 bits per heavy atom. The molecule has 0 spiro atoms. The second-order valence-electron chi connectivity index (χ2n) is 6.29. The Balaban J connectivity index is 0.00000420. The summed E-state index contributed by atoms with van der Waals surface area (Å²) in [5.41, 5.74) is 1.23. The zero-order valence-electron chi connectivity index (χ0n) is 15.8. The number of rotatable bonds is 9. The van der Waals surface area contributed by atoms with Crippen LogP contribution in [0.3, 0.4) is 0 Å². The van der Waals surface area contributed by atoms with E-state index in [1.807, 2.05) is 6.92 Å². The van der Waals surface area contributed by atoms with E-state index in [1.165, 1.54) is 18.2 Å². The van der Waals surface area contributed by atoms with E-state index in [1.54, 1.807) is 24.3 Å². The summed E-state index contributed by atoms with van der Waals surface area (Å²) in [6, 6.07) is 11.0. The molecule has 2 aromatic rings. The van der Waals surface area contributed by atoms with E-state index in [0.29, 0.717) is 12.1 Å². The van der Waals surface area contributed by atoms with E-state index in [2.05, 4.69) is 10.6 Å². The van der Waals surface area contributed by atoms with Crippen LogP contribution in [0.2, 0.25) is 0 Å². The SMILES string of the molecule is CCNCc1ccc(C(=O)NC(Cc2cccc(C(=O)O)c2O)B(O)O)cc1.Cl. The van der Waals surface area contributed by atoms with Crippen molar-refractivity contribution in [2.24, 2.45) is 0 Å². The van der Waals surface area contributed by atoms with Gasteiger partial charge in [-0.25, -0.2) is 4.79 Å². The number of amides is 1. The van der Waals surface area contributed by atoms with Crippen LogP contribution in [0.5, 0.6) is 5.75 Å². The zero-order valence-corrected chi connectivity index (χ0v) is 16.6. The quantitative estimate of drug-likeness (QED) is 0.331. The average molecular weight is 423 g/mol. The van der Waals surface area contributed by atoms with E-state index in [9.17, 15) is 24.7 Å². The van der Waals surface area contributed by atoms with Gasteiger partial charge in [0, 0.05) is 12.1 Å². The third-order valence-corrected chi connectivity index (χ3v) is 4.26. The zero-order chi connectivity index (χ0) is 20.7. The summed E-state index contributed by atoms with van der Waals surface area (Å²) in [5, 5.41) is 44.1. The summed E-state index contributed by atoms with van der Waals surface area (Å²) in [4.78, 5) is 23.5. The third kappa shape index (κ3) is 6.76. The molecule has 29 heavy (non-hydrogen) atoms. The van der Waals surface area contributed by atoms with Gasteiger partial charge in [0.15, 0.2) is 0 Å². The summed E-state index contributed by atoms with van der Waals surface area (Å²) in [6.45, 7) is 3.50. The van der Waals surface area contributed by atoms with Gasteiger partial charge in [0.05, 0.1) is 5.94 Å². The van der Waals surface area contributed by atoms with Gasteiger partial charge in [-0.05, 0) is 42.3 Å². The van der Waals surface area contributed by atoms with Crippen LogP contribution >= 0.6 is 12.4 Å². The lowest BCUT2D eigenvalue weighted by molar-refractivity contribution is 0.0693. The Morgan fingerprint density at radius 1 is 1.10 bits per heavy atom. The Morgan fingerprint density at radius 3 is 2.31 bits per heavy atom. The first-order valence-corrected chi connectivity index (χ1v) is 8.84. The number of hydrogen-bond acceptors (Lipinski definition) is 6. The fraction of sp³-hybridized carbons (Fsp3) is 0.263. The number of phenols is 1. The van der Waals surface area contributed by atoms with E-state index in [4.69, 9.17) is 5.11 Å². The highest BCUT2D eigenvalue weighted by Gasteiger charge is 2.28. The van der Waals surface area contributed by atoms with Crippen molar-refractivity contribution >= 4 is 31.4 Å². The van der Waals surface area contributed by atoms with Crippen molar-refractivity contribution in [2.45, 2.75) is 25.8 Å². The van der Waals surface area contributed by atoms with Crippen molar-refractivity contribution in [2.75, 3.05) is 6.54 Å². The maximum Gasteiger partial charge on any atom is 0.475 e. The number of aromatic hydroxyl groups is 1. The smallest absolute Gasteiger partial charge is 0.475 e. The van der Waals surface area contributed by atoms with Gasteiger partial charge in [-0.15, -0.1) is 12.4 Å². The van der Waals surface area contributed by atoms with E-state index >= 15 is 0 Å². The molecular formula is C19H24BClN2O6. The van der Waals surface area contributed by atoms with Crippen LogP contribution in [0.15, 0.2) is 42.5 Å². The van der Waals surface area contributed by atoms with Crippen molar-refractivity contribution in [3.8, 4) is 5.75 Å². The Labute approximate surface area is 175 Å². The lowest BCUT2D eigenvalue weighted by Crippen LogP contribution is -2.47. The van der Waals surface area contributed by atoms with Gasteiger partial charge in [0.25, 0.3) is 5.91 Å². The van der Waals surface area contributed by atoms with Crippen molar-refractivity contribution in [3.05, 3.63) is 64.7 Å². The molecule has 0 aromatic heterocycles. The highest BCUT2D eigenvalue weighted by atomic mass is 35.5. The first-order chi connectivity index (χ1) is 13.3. The summed E-state index contributed by atoms with van der Waals surface area (Å²) in [7, 11) is -1.90. The Hall–Kier alpha value is -2.59. The molecule has 0 heterocycles. The van der Waals surface area contributed by atoms with E-state index in [0.717, 1.165) is 12.1 Å². The van der Waals surface area contributed by atoms with Gasteiger partial charge in [-0.3, -0.25) is 4.79 Å². The number of hydrogen-bond donors (Lipinski definition) is 6. The molecule has 0 saturated heterocycles. The maximum atomic E-state index is 12.4. The first kappa shape index (κ1) is 24.5. The van der Waals surface area contributed by atoms with Gasteiger partial charge in [0.1, 0.15) is 11.3 Å². The predicted molar refractivity (Wildman–Crippen MR) is 111 cm³/mol. The molecule has 0 aliphatic carbocycles. The summed E-state index contributed by atoms with van der Waals surface area (Å²) < 4.78 is 0. The minimum Gasteiger partial charge on any atom is -0.507 e. The van der Waals surface area contributed by atoms with Gasteiger partial charge < -0.3 is 30.9 Å². The molecule has 8 nitrogen and oxygen atoms in total.